The fourth-order valence-corrected chi connectivity index (χ4v) is 4.36. The summed E-state index contributed by atoms with van der Waals surface area (Å²) < 4.78 is 6.89. The van der Waals surface area contributed by atoms with E-state index in [1.807, 2.05) is 13.8 Å². The van der Waals surface area contributed by atoms with E-state index in [0.29, 0.717) is 32.6 Å². The van der Waals surface area contributed by atoms with Gasteiger partial charge in [0.1, 0.15) is 11.6 Å². The first-order chi connectivity index (χ1) is 14.2. The van der Waals surface area contributed by atoms with E-state index < -0.39 is 11.7 Å². The van der Waals surface area contributed by atoms with Crippen molar-refractivity contribution >= 4 is 23.5 Å². The van der Waals surface area contributed by atoms with Crippen molar-refractivity contribution in [2.24, 2.45) is 0 Å². The second-order valence-corrected chi connectivity index (χ2v) is 8.70. The molecule has 1 atom stereocenters. The normalized spacial score (nSPS) is 17.2. The predicted octanol–water partition coefficient (Wildman–Crippen LogP) is 3.26. The number of nitrogens with one attached hydrogen (secondary N) is 1. The minimum atomic E-state index is -0.548. The number of carbonyl (C=O) groups excluding carboxylic acids is 2. The Hall–Kier alpha value is -2.33. The molecule has 0 saturated carbocycles. The Labute approximate surface area is 181 Å². The van der Waals surface area contributed by atoms with Crippen molar-refractivity contribution < 1.29 is 19.2 Å². The molecule has 30 heavy (non-hydrogen) atoms. The van der Waals surface area contributed by atoms with Crippen LogP contribution in [0.25, 0.3) is 0 Å². The molecule has 1 aromatic heterocycles. The lowest BCUT2D eigenvalue weighted by Gasteiger charge is -2.23. The molecule has 3 heterocycles. The van der Waals surface area contributed by atoms with E-state index in [4.69, 9.17) is 9.57 Å². The van der Waals surface area contributed by atoms with E-state index in [1.165, 1.54) is 5.06 Å². The third kappa shape index (κ3) is 5.42. The maximum atomic E-state index is 12.5. The number of nitrogens with zero attached hydrogens (tertiary/aromatic N) is 3. The number of ether oxygens (including phenoxy) is 1. The molecule has 2 bridgehead atoms. The van der Waals surface area contributed by atoms with Crippen LogP contribution >= 0.6 is 11.3 Å². The van der Waals surface area contributed by atoms with E-state index in [0.717, 1.165) is 21.9 Å². The molecule has 0 aromatic carbocycles. The second kappa shape index (κ2) is 10.1. The van der Waals surface area contributed by atoms with Gasteiger partial charge in [0.25, 0.3) is 0 Å². The number of aromatic nitrogens is 1. The van der Waals surface area contributed by atoms with Gasteiger partial charge in [-0.3, -0.25) is 9.63 Å². The van der Waals surface area contributed by atoms with E-state index >= 15 is 0 Å². The first kappa shape index (κ1) is 23.9. The summed E-state index contributed by atoms with van der Waals surface area (Å²) >= 11 is 1.16. The molecule has 168 valence electrons. The molecule has 2 aliphatic heterocycles. The smallest absolute Gasteiger partial charge is 0.407 e. The minimum Gasteiger partial charge on any atom is -0.444 e. The predicted molar refractivity (Wildman–Crippen MR) is 115 cm³/mol. The highest BCUT2D eigenvalue weighted by Gasteiger charge is 2.46. The van der Waals surface area contributed by atoms with E-state index in [-0.39, 0.29) is 23.6 Å². The molecule has 9 nitrogen and oxygen atoms in total. The summed E-state index contributed by atoms with van der Waals surface area (Å²) in [6.07, 6.45) is 1.69. The van der Waals surface area contributed by atoms with Gasteiger partial charge >= 0.3 is 17.0 Å². The number of hydroxylamine groups is 2. The Balaban J connectivity index is 0.00000155. The Bertz CT molecular complexity index is 826. The highest BCUT2D eigenvalue weighted by molar-refractivity contribution is 7.09. The van der Waals surface area contributed by atoms with Crippen LogP contribution in [0.15, 0.2) is 17.4 Å². The monoisotopic (exact) mass is 440 g/mol. The molecule has 1 unspecified atom stereocenters. The number of thiazole rings is 1. The molecular formula is C20H32N4O5S. The number of alkyl carbamates (subject to hydrolysis) is 1. The standard InChI is InChI=1S/C18H26N4O5S.C2H6/c1-5-9-26-22-13-11-20(16(22)24)10-12-14(13)28-17(25)21(12)8-6-7-19-15(23)27-18(2,3)4;1-2/h5,13H,1,6-11H2,2-4H3,(H,19,23);1-2H3. The number of urea groups is 1. The summed E-state index contributed by atoms with van der Waals surface area (Å²) in [5, 5.41) is 4.04. The van der Waals surface area contributed by atoms with E-state index in [2.05, 4.69) is 11.9 Å². The molecule has 3 amide bonds. The van der Waals surface area contributed by atoms with Crippen LogP contribution in [0.2, 0.25) is 0 Å². The van der Waals surface area contributed by atoms with Gasteiger partial charge in [-0.1, -0.05) is 31.3 Å². The van der Waals surface area contributed by atoms with Crippen LogP contribution in [0.1, 0.15) is 57.7 Å². The van der Waals surface area contributed by atoms with Gasteiger partial charge in [-0.05, 0) is 27.2 Å². The lowest BCUT2D eigenvalue weighted by Crippen LogP contribution is -2.34. The number of carbonyl (C=O) groups is 2. The van der Waals surface area contributed by atoms with Crippen molar-refractivity contribution in [3.8, 4) is 0 Å². The molecule has 0 aliphatic carbocycles. The van der Waals surface area contributed by atoms with Crippen LogP contribution in [0, 0.1) is 0 Å². The summed E-state index contributed by atoms with van der Waals surface area (Å²) in [5.74, 6) is 0. The highest BCUT2D eigenvalue weighted by Crippen LogP contribution is 2.39. The summed E-state index contributed by atoms with van der Waals surface area (Å²) in [6, 6.07) is -0.462. The second-order valence-electron chi connectivity index (χ2n) is 7.70. The van der Waals surface area contributed by atoms with Crippen LogP contribution in [0.5, 0.6) is 0 Å². The van der Waals surface area contributed by atoms with Gasteiger partial charge in [0.05, 0.1) is 30.3 Å². The topological polar surface area (TPSA) is 93.1 Å². The molecule has 0 spiro atoms. The van der Waals surface area contributed by atoms with Crippen LogP contribution < -0.4 is 10.2 Å². The largest absolute Gasteiger partial charge is 0.444 e. The van der Waals surface area contributed by atoms with E-state index in [1.54, 1.807) is 36.3 Å². The van der Waals surface area contributed by atoms with Gasteiger partial charge in [0, 0.05) is 13.1 Å². The first-order valence-electron chi connectivity index (χ1n) is 10.2. The Morgan fingerprint density at radius 2 is 2.03 bits per heavy atom. The van der Waals surface area contributed by atoms with Crippen molar-refractivity contribution in [3.63, 3.8) is 0 Å². The zero-order chi connectivity index (χ0) is 22.5. The number of rotatable bonds is 7. The molecule has 10 heteroatoms. The summed E-state index contributed by atoms with van der Waals surface area (Å²) in [5.41, 5.74) is 0.300. The lowest BCUT2D eigenvalue weighted by molar-refractivity contribution is -0.118. The number of amides is 3. The number of fused-ring (bicyclic) bond motifs is 4. The average Bonchev–Trinajstić information content (AvgIpc) is 3.13. The Morgan fingerprint density at radius 3 is 2.67 bits per heavy atom. The van der Waals surface area contributed by atoms with Crippen LogP contribution in [-0.4, -0.2) is 52.0 Å². The quantitative estimate of drug-likeness (QED) is 0.519. The van der Waals surface area contributed by atoms with Crippen LogP contribution in [0.3, 0.4) is 0 Å². The van der Waals surface area contributed by atoms with Gasteiger partial charge in [0.15, 0.2) is 0 Å². The molecule has 3 rings (SSSR count). The van der Waals surface area contributed by atoms with Gasteiger partial charge in [-0.15, -0.1) is 6.58 Å². The molecule has 0 radical (unpaired) electrons. The van der Waals surface area contributed by atoms with Crippen molar-refractivity contribution in [1.82, 2.24) is 19.8 Å². The Kier molecular flexibility index (Phi) is 8.08. The Morgan fingerprint density at radius 1 is 1.33 bits per heavy atom. The SMILES string of the molecule is C=CCON1C(=O)N2Cc3c(sc(=O)n3CCCNC(=O)OC(C)(C)C)C1C2.CC. The molecular weight excluding hydrogens is 408 g/mol. The van der Waals surface area contributed by atoms with Crippen LogP contribution in [-0.2, 0) is 22.7 Å². The highest BCUT2D eigenvalue weighted by atomic mass is 32.1. The minimum absolute atomic E-state index is 0.0628. The van der Waals surface area contributed by atoms with Gasteiger partial charge in [0.2, 0.25) is 0 Å². The first-order valence-corrected chi connectivity index (χ1v) is 11.0. The van der Waals surface area contributed by atoms with Crippen molar-refractivity contribution in [2.45, 2.75) is 65.8 Å². The van der Waals surface area contributed by atoms with Gasteiger partial charge in [-0.2, -0.15) is 5.06 Å². The van der Waals surface area contributed by atoms with Crippen molar-refractivity contribution in [2.75, 3.05) is 19.7 Å². The zero-order valence-corrected chi connectivity index (χ0v) is 19.2. The molecule has 2 aliphatic rings. The molecule has 1 aromatic rings. The maximum absolute atomic E-state index is 12.5. The van der Waals surface area contributed by atoms with E-state index in [9.17, 15) is 14.4 Å². The molecule has 1 saturated heterocycles. The summed E-state index contributed by atoms with van der Waals surface area (Å²) in [6.45, 7) is 15.0. The van der Waals surface area contributed by atoms with Gasteiger partial charge in [-0.25, -0.2) is 9.59 Å². The fourth-order valence-electron chi connectivity index (χ4n) is 3.26. The van der Waals surface area contributed by atoms with Gasteiger partial charge < -0.3 is 19.5 Å². The fraction of sp³-hybridized carbons (Fsp3) is 0.650. The molecule has 1 N–H and O–H groups in total. The molecule has 1 fully saturated rings. The maximum Gasteiger partial charge on any atom is 0.407 e. The summed E-state index contributed by atoms with van der Waals surface area (Å²) in [7, 11) is 0. The average molecular weight is 441 g/mol. The number of hydrogen-bond donors (Lipinski definition) is 1. The van der Waals surface area contributed by atoms with Crippen LogP contribution in [0.4, 0.5) is 9.59 Å². The third-order valence-electron chi connectivity index (χ3n) is 4.36. The number of hydrogen-bond acceptors (Lipinski definition) is 6. The lowest BCUT2D eigenvalue weighted by atomic mass is 10.1. The summed E-state index contributed by atoms with van der Waals surface area (Å²) in [4.78, 5) is 44.6. The van der Waals surface area contributed by atoms with Crippen molar-refractivity contribution in [1.29, 1.82) is 0 Å². The third-order valence-corrected chi connectivity index (χ3v) is 5.49. The van der Waals surface area contributed by atoms with Crippen molar-refractivity contribution in [3.05, 3.63) is 32.9 Å². The zero-order valence-electron chi connectivity index (χ0n) is 18.4.